The highest BCUT2D eigenvalue weighted by Crippen LogP contribution is 2.40. The van der Waals surface area contributed by atoms with Crippen molar-refractivity contribution < 1.29 is 33.4 Å². The van der Waals surface area contributed by atoms with Crippen LogP contribution in [0, 0.1) is 23.7 Å². The number of nitrogens with one attached hydrogen (secondary N) is 6. The lowest BCUT2D eigenvalue weighted by atomic mass is 9.94. The van der Waals surface area contributed by atoms with Crippen molar-refractivity contribution in [2.24, 2.45) is 23.7 Å². The van der Waals surface area contributed by atoms with E-state index in [0.717, 1.165) is 166 Å². The minimum absolute atomic E-state index is 0. The fourth-order valence-electron chi connectivity index (χ4n) is 18.7. The summed E-state index contributed by atoms with van der Waals surface area (Å²) in [5.41, 5.74) is 8.85. The number of aromatic nitrogens is 8. The topological polar surface area (TPSA) is 302 Å². The van der Waals surface area contributed by atoms with E-state index in [4.69, 9.17) is 9.47 Å². The average Bonchev–Trinajstić information content (AvgIpc) is 1.80. The quantitative estimate of drug-likeness (QED) is 0.0119. The Morgan fingerprint density at radius 1 is 0.415 bits per heavy atom. The first kappa shape index (κ1) is 102. The summed E-state index contributed by atoms with van der Waals surface area (Å²) >= 11 is 0. The summed E-state index contributed by atoms with van der Waals surface area (Å²) in [7, 11) is 7.61. The Morgan fingerprint density at radius 2 is 0.719 bits per heavy atom. The second kappa shape index (κ2) is 51.3. The highest BCUT2D eigenvalue weighted by molar-refractivity contribution is 6.05. The fourth-order valence-corrected chi connectivity index (χ4v) is 18.7. The largest absolute Gasteiger partial charge is 0.502 e. The standard InChI is InChI=1S/C29H41N5O3.C27H37N5O2.C26H36N6O.C24H33N5O.CH4/c1-29(2,3)37-27(35)19-33(4)17-21-12-14-23(15-13-21)32-28(36)25-16-26(31-20-30-25)34(18-22-10-11-22)24-8-6-5-7-9-24;1-20(34-2)14-15-28-17-21-10-12-23(13-11-21)31-27(33)25-16-26(30-19-29-25)32(18-22-8-9-22)24-6-4-3-5-7-24;33-26(30-22-10-8-20(9-11-22)17-31-14-12-27-13-15-31)24-16-25(29-19-28-24)32(18-21-6-7-21)23-4-2-1-3-5-23;1-28(2)15-18-10-12-20(13-11-18)27-24(30)22-14-23(26-17-25-22)29(16-19-8-9-19)21-6-4-3-5-7-21;/h12-16,20,22,24H,5-11,17-19H2,1-4H3,(H,32,36);10-13,16,19,22,24,28H,1,3-9,14-15,17-18H2,2H3,(H,31,33);8-11,16,19,21,23,27H,1-7,12-15,17-18H2,(H,30,33);10-14,17,19,21H,3-9,15-16H2,1-2H3,(H,27,30);1H4. The van der Waals surface area contributed by atoms with Gasteiger partial charge in [0, 0.05) is 163 Å². The summed E-state index contributed by atoms with van der Waals surface area (Å²) in [6.45, 7) is 22.0. The Balaban J connectivity index is 0.000000152. The molecule has 0 bridgehead atoms. The number of amides is 4. The first-order valence-electron chi connectivity index (χ1n) is 50.0. The third kappa shape index (κ3) is 33.8. The van der Waals surface area contributed by atoms with Gasteiger partial charge in [-0.1, -0.05) is 140 Å². The number of hydrogen-bond donors (Lipinski definition) is 6. The number of anilines is 8. The molecule has 6 N–H and O–H groups in total. The molecule has 9 fully saturated rings. The van der Waals surface area contributed by atoms with Gasteiger partial charge < -0.3 is 65.9 Å². The summed E-state index contributed by atoms with van der Waals surface area (Å²) in [6.07, 6.45) is 42.5. The minimum atomic E-state index is -0.492. The van der Waals surface area contributed by atoms with Crippen molar-refractivity contribution in [2.75, 3.05) is 135 Å². The van der Waals surface area contributed by atoms with Crippen LogP contribution in [0.25, 0.3) is 0 Å². The van der Waals surface area contributed by atoms with Gasteiger partial charge in [0.1, 0.15) is 77.0 Å². The zero-order valence-corrected chi connectivity index (χ0v) is 80.7. The summed E-state index contributed by atoms with van der Waals surface area (Å²) in [5.74, 6) is 6.33. The third-order valence-electron chi connectivity index (χ3n) is 26.8. The van der Waals surface area contributed by atoms with Crippen molar-refractivity contribution in [3.63, 3.8) is 0 Å². The number of hydrogen-bond acceptors (Lipinski definition) is 24. The van der Waals surface area contributed by atoms with E-state index in [-0.39, 0.29) is 43.6 Å². The van der Waals surface area contributed by atoms with Gasteiger partial charge in [-0.3, -0.25) is 33.8 Å². The van der Waals surface area contributed by atoms with Crippen LogP contribution in [0.2, 0.25) is 0 Å². The fraction of sp³-hybridized carbons (Fsp3) is 0.561. The zero-order chi connectivity index (χ0) is 93.6. The van der Waals surface area contributed by atoms with E-state index in [1.165, 1.54) is 210 Å². The molecule has 726 valence electrons. The van der Waals surface area contributed by atoms with Crippen LogP contribution in [0.3, 0.4) is 0 Å². The van der Waals surface area contributed by atoms with E-state index < -0.39 is 5.60 Å². The van der Waals surface area contributed by atoms with Crippen LogP contribution in [-0.4, -0.2) is 208 Å². The Kier molecular flexibility index (Phi) is 38.6. The molecular formula is C107H151N21O7. The van der Waals surface area contributed by atoms with Crippen LogP contribution in [-0.2, 0) is 40.4 Å². The lowest BCUT2D eigenvalue weighted by Gasteiger charge is -2.35. The van der Waals surface area contributed by atoms with Crippen LogP contribution in [0.4, 0.5) is 46.0 Å². The molecule has 17 rings (SSSR count). The Bertz CT molecular complexity index is 5010. The number of benzene rings is 4. The molecule has 9 aliphatic rings. The molecule has 8 saturated carbocycles. The van der Waals surface area contributed by atoms with Crippen LogP contribution >= 0.6 is 0 Å². The second-order valence-corrected chi connectivity index (χ2v) is 39.9. The highest BCUT2D eigenvalue weighted by Gasteiger charge is 2.36. The summed E-state index contributed by atoms with van der Waals surface area (Å²) in [5, 5.41) is 18.7. The molecule has 0 radical (unpaired) electrons. The van der Waals surface area contributed by atoms with Gasteiger partial charge in [0.15, 0.2) is 0 Å². The average molecular weight is 1840 g/mol. The molecule has 8 aliphatic carbocycles. The van der Waals surface area contributed by atoms with E-state index in [1.807, 2.05) is 156 Å². The van der Waals surface area contributed by atoms with Gasteiger partial charge in [-0.2, -0.15) is 0 Å². The predicted molar refractivity (Wildman–Crippen MR) is 540 cm³/mol. The number of carbonyl (C=O) groups excluding carboxylic acids is 5. The first-order valence-corrected chi connectivity index (χ1v) is 50.0. The van der Waals surface area contributed by atoms with Crippen molar-refractivity contribution in [3.05, 3.63) is 204 Å². The molecule has 28 nitrogen and oxygen atoms in total. The monoisotopic (exact) mass is 1840 g/mol. The molecule has 0 spiro atoms. The molecule has 0 atom stereocenters. The van der Waals surface area contributed by atoms with Crippen molar-refractivity contribution in [3.8, 4) is 0 Å². The zero-order valence-electron chi connectivity index (χ0n) is 80.7. The van der Waals surface area contributed by atoms with Gasteiger partial charge in [-0.05, 0) is 239 Å². The molecule has 1 aliphatic heterocycles. The van der Waals surface area contributed by atoms with Crippen molar-refractivity contribution in [2.45, 2.75) is 270 Å². The maximum atomic E-state index is 13.0. The molecule has 0 unspecified atom stereocenters. The lowest BCUT2D eigenvalue weighted by molar-refractivity contribution is -0.155. The van der Waals surface area contributed by atoms with Crippen LogP contribution in [0.1, 0.15) is 279 Å². The molecule has 4 amide bonds. The third-order valence-corrected chi connectivity index (χ3v) is 26.8. The van der Waals surface area contributed by atoms with Crippen LogP contribution in [0.15, 0.2) is 159 Å². The molecule has 5 heterocycles. The van der Waals surface area contributed by atoms with Gasteiger partial charge in [-0.25, -0.2) is 39.9 Å². The van der Waals surface area contributed by atoms with Gasteiger partial charge in [0.25, 0.3) is 23.6 Å². The van der Waals surface area contributed by atoms with Crippen LogP contribution in [0.5, 0.6) is 0 Å². The number of carbonyl (C=O) groups is 5. The van der Waals surface area contributed by atoms with E-state index >= 15 is 0 Å². The number of piperazine rings is 1. The van der Waals surface area contributed by atoms with E-state index in [9.17, 15) is 24.0 Å². The Hall–Kier alpha value is -10.9. The molecule has 4 aromatic heterocycles. The predicted octanol–water partition coefficient (Wildman–Crippen LogP) is 18.6. The second-order valence-electron chi connectivity index (χ2n) is 39.9. The number of rotatable bonds is 38. The van der Waals surface area contributed by atoms with Gasteiger partial charge in [0.2, 0.25) is 0 Å². The van der Waals surface area contributed by atoms with E-state index in [2.05, 4.69) is 120 Å². The summed E-state index contributed by atoms with van der Waals surface area (Å²) in [6, 6.07) is 41.2. The molecule has 135 heavy (non-hydrogen) atoms. The molecule has 1 saturated heterocycles. The number of methoxy groups -OCH3 is 1. The van der Waals surface area contributed by atoms with E-state index in [0.29, 0.717) is 59.2 Å². The Labute approximate surface area is 802 Å². The van der Waals surface area contributed by atoms with E-state index in [1.54, 1.807) is 13.4 Å². The van der Waals surface area contributed by atoms with Crippen molar-refractivity contribution in [1.82, 2.24) is 65.2 Å². The van der Waals surface area contributed by atoms with Gasteiger partial charge in [-0.15, -0.1) is 0 Å². The Morgan fingerprint density at radius 3 is 1.01 bits per heavy atom. The normalized spacial score (nSPS) is 17.3. The number of nitrogens with zero attached hydrogens (tertiary/aromatic N) is 15. The van der Waals surface area contributed by atoms with Crippen molar-refractivity contribution >= 4 is 75.6 Å². The van der Waals surface area contributed by atoms with Crippen LogP contribution < -0.4 is 51.5 Å². The lowest BCUT2D eigenvalue weighted by Crippen LogP contribution is -2.42. The SMILES string of the molecule is C.C=C(CCNCc1ccc(NC(=O)c2cc(N(CC3CC3)C3CCCCC3)ncn2)cc1)OC.CN(C)Cc1ccc(NC(=O)c2cc(N(CC3CC3)C3CCCCC3)ncn2)cc1.CN(CC(=O)OC(C)(C)C)Cc1ccc(NC(=O)c2cc(N(CC3CC3)C3CCCCC3)ncn2)cc1.O=C(Nc1ccc(CN2CCNCC2)cc1)c1cc(N(CC2CC2)C2CCCCC2)ncn1. The number of esters is 1. The molecular weight excluding hydrogens is 1690 g/mol. The molecule has 4 aromatic carbocycles. The minimum Gasteiger partial charge on any atom is -0.502 e. The summed E-state index contributed by atoms with van der Waals surface area (Å²) in [4.78, 5) is 115. The smallest absolute Gasteiger partial charge is 0.320 e. The van der Waals surface area contributed by atoms with Gasteiger partial charge in [0.05, 0.1) is 19.4 Å². The van der Waals surface area contributed by atoms with Crippen molar-refractivity contribution in [1.29, 1.82) is 0 Å². The van der Waals surface area contributed by atoms with Gasteiger partial charge >= 0.3 is 5.97 Å². The first-order chi connectivity index (χ1) is 65.1. The maximum absolute atomic E-state index is 13.0. The maximum Gasteiger partial charge on any atom is 0.320 e. The number of ether oxygens (including phenoxy) is 2. The highest BCUT2D eigenvalue weighted by atomic mass is 16.6. The number of likely N-dealkylation sites (N-methyl/N-ethyl adjacent to an activating group) is 1. The molecule has 28 heteroatoms. The molecule has 8 aromatic rings. The summed E-state index contributed by atoms with van der Waals surface area (Å²) < 4.78 is 10.5.